The third-order valence-corrected chi connectivity index (χ3v) is 6.35. The van der Waals surface area contributed by atoms with Crippen molar-refractivity contribution in [1.29, 1.82) is 0 Å². The highest BCUT2D eigenvalue weighted by atomic mass is 32.2. The fraction of sp³-hybridized carbons (Fsp3) is 0.700. The minimum atomic E-state index is -3.94. The first-order chi connectivity index (χ1) is 8.53. The molecule has 3 atom stereocenters. The first-order valence-electron chi connectivity index (χ1n) is 5.49. The number of aliphatic carboxylic acids is 1. The molecule has 0 aliphatic carbocycles. The molecule has 2 heterocycles. The van der Waals surface area contributed by atoms with Gasteiger partial charge in [0.1, 0.15) is 10.8 Å². The second-order valence-corrected chi connectivity index (χ2v) is 7.68. The number of amides is 1. The molecule has 0 radical (unpaired) electrons. The number of fused-ring (bicyclic) bond motifs is 1. The second-order valence-electron chi connectivity index (χ2n) is 5.06. The van der Waals surface area contributed by atoms with Gasteiger partial charge in [0.25, 0.3) is 5.91 Å². The number of hydrogen-bond acceptors (Lipinski definition) is 6. The number of nitrogens with zero attached hydrogens (tertiary/aromatic N) is 1. The van der Waals surface area contributed by atoms with Crippen molar-refractivity contribution >= 4 is 27.7 Å². The molecule has 1 N–H and O–H groups in total. The zero-order chi connectivity index (χ0) is 14.7. The fourth-order valence-electron chi connectivity index (χ4n) is 2.55. The summed E-state index contributed by atoms with van der Waals surface area (Å²) in [7, 11) is -3.94. The molecule has 0 spiro atoms. The van der Waals surface area contributed by atoms with Crippen LogP contribution in [0.5, 0.6) is 0 Å². The van der Waals surface area contributed by atoms with Gasteiger partial charge in [-0.15, -0.1) is 0 Å². The number of carbonyl (C=O) groups is 3. The molecule has 0 bridgehead atoms. The maximum absolute atomic E-state index is 12.3. The molecule has 0 aromatic carbocycles. The lowest BCUT2D eigenvalue weighted by atomic mass is 9.97. The van der Waals surface area contributed by atoms with Gasteiger partial charge in [-0.3, -0.25) is 9.59 Å². The summed E-state index contributed by atoms with van der Waals surface area (Å²) in [6.07, 6.45) is -1.44. The van der Waals surface area contributed by atoms with Gasteiger partial charge in [-0.05, 0) is 13.8 Å². The Kier molecular flexibility index (Phi) is 2.67. The number of carboxylic acids is 1. The van der Waals surface area contributed by atoms with E-state index in [1.54, 1.807) is 0 Å². The highest BCUT2D eigenvalue weighted by molar-refractivity contribution is 7.94. The number of rotatable bonds is 2. The molecule has 0 unspecified atom stereocenters. The van der Waals surface area contributed by atoms with Crippen LogP contribution in [0.1, 0.15) is 20.8 Å². The monoisotopic (exact) mass is 291 g/mol. The van der Waals surface area contributed by atoms with Crippen molar-refractivity contribution < 1.29 is 32.6 Å². The van der Waals surface area contributed by atoms with Crippen LogP contribution in [0.3, 0.4) is 0 Å². The lowest BCUT2D eigenvalue weighted by Gasteiger charge is -2.41. The number of esters is 1. The van der Waals surface area contributed by atoms with Crippen molar-refractivity contribution in [3.8, 4) is 0 Å². The van der Waals surface area contributed by atoms with Crippen LogP contribution in [0, 0.1) is 0 Å². The lowest BCUT2D eigenvalue weighted by Crippen LogP contribution is -2.67. The molecular formula is C10H13NO7S. The van der Waals surface area contributed by atoms with Gasteiger partial charge >= 0.3 is 11.9 Å². The summed E-state index contributed by atoms with van der Waals surface area (Å²) in [5.41, 5.74) is 0. The predicted octanol–water partition coefficient (Wildman–Crippen LogP) is -1.25. The van der Waals surface area contributed by atoms with E-state index in [-0.39, 0.29) is 0 Å². The molecule has 2 aliphatic rings. The summed E-state index contributed by atoms with van der Waals surface area (Å²) in [4.78, 5) is 34.6. The normalized spacial score (nSPS) is 34.4. The van der Waals surface area contributed by atoms with Crippen molar-refractivity contribution in [1.82, 2.24) is 4.90 Å². The third kappa shape index (κ3) is 1.50. The van der Waals surface area contributed by atoms with Crippen LogP contribution < -0.4 is 0 Å². The second kappa shape index (κ2) is 3.69. The Hall–Kier alpha value is -1.64. The largest absolute Gasteiger partial charge is 0.480 e. The number of carboxylic acid groups (broad SMARTS) is 1. The van der Waals surface area contributed by atoms with Crippen molar-refractivity contribution in [2.45, 2.75) is 43.0 Å². The smallest absolute Gasteiger partial charge is 0.328 e. The minimum Gasteiger partial charge on any atom is -0.480 e. The van der Waals surface area contributed by atoms with Crippen molar-refractivity contribution in [3.63, 3.8) is 0 Å². The van der Waals surface area contributed by atoms with E-state index in [4.69, 9.17) is 5.11 Å². The van der Waals surface area contributed by atoms with Gasteiger partial charge in [-0.25, -0.2) is 13.2 Å². The van der Waals surface area contributed by atoms with Gasteiger partial charge in [0.05, 0.1) is 0 Å². The number of carbonyl (C=O) groups excluding carboxylic acids is 2. The highest BCUT2D eigenvalue weighted by Gasteiger charge is 2.73. The summed E-state index contributed by atoms with van der Waals surface area (Å²) in [6.45, 7) is 3.55. The Morgan fingerprint density at radius 2 is 1.89 bits per heavy atom. The van der Waals surface area contributed by atoms with E-state index in [0.29, 0.717) is 0 Å². The number of hydrogen-bond donors (Lipinski definition) is 1. The summed E-state index contributed by atoms with van der Waals surface area (Å²) < 4.78 is 27.6. The fourth-order valence-corrected chi connectivity index (χ4v) is 4.72. The zero-order valence-electron chi connectivity index (χ0n) is 10.5. The molecule has 9 heteroatoms. The van der Waals surface area contributed by atoms with E-state index in [0.717, 1.165) is 11.8 Å². The van der Waals surface area contributed by atoms with Gasteiger partial charge in [0.2, 0.25) is 6.10 Å². The van der Waals surface area contributed by atoms with Crippen LogP contribution in [0.25, 0.3) is 0 Å². The maximum atomic E-state index is 12.3. The summed E-state index contributed by atoms with van der Waals surface area (Å²) in [6, 6.07) is -1.47. The SMILES string of the molecule is CC(=O)O[C@H]1C(=O)N2[C@@H](C(=O)O)C(C)(C)S(=O)(=O)[C@H]12. The molecule has 0 saturated carbocycles. The topological polar surface area (TPSA) is 118 Å². The first kappa shape index (κ1) is 13.8. The summed E-state index contributed by atoms with van der Waals surface area (Å²) in [5.74, 6) is -2.97. The zero-order valence-corrected chi connectivity index (χ0v) is 11.3. The van der Waals surface area contributed by atoms with E-state index in [1.165, 1.54) is 13.8 Å². The summed E-state index contributed by atoms with van der Waals surface area (Å²) in [5, 5.41) is 7.72. The summed E-state index contributed by atoms with van der Waals surface area (Å²) >= 11 is 0. The number of ether oxygens (including phenoxy) is 1. The predicted molar refractivity (Wildman–Crippen MR) is 60.6 cm³/mol. The minimum absolute atomic E-state index is 0.769. The molecular weight excluding hydrogens is 278 g/mol. The number of sulfone groups is 1. The van der Waals surface area contributed by atoms with Crippen molar-refractivity contribution in [3.05, 3.63) is 0 Å². The Morgan fingerprint density at radius 3 is 2.32 bits per heavy atom. The van der Waals surface area contributed by atoms with Crippen LogP contribution in [0.2, 0.25) is 0 Å². The lowest BCUT2D eigenvalue weighted by molar-refractivity contribution is -0.180. The Bertz CT molecular complexity index is 579. The standard InChI is InChI=1S/C10H13NO7S/c1-4(12)18-5-7(13)11-6(9(14)15)10(2,3)19(16,17)8(5)11/h5-6,8H,1-3H3,(H,14,15)/t5-,6-,8+/m0/s1. The third-order valence-electron chi connectivity index (χ3n) is 3.55. The molecule has 1 amide bonds. The van der Waals surface area contributed by atoms with Gasteiger partial charge < -0.3 is 14.7 Å². The van der Waals surface area contributed by atoms with E-state index in [9.17, 15) is 22.8 Å². The molecule has 106 valence electrons. The van der Waals surface area contributed by atoms with Crippen molar-refractivity contribution in [2.75, 3.05) is 0 Å². The molecule has 0 aromatic rings. The molecule has 2 saturated heterocycles. The Balaban J connectivity index is 2.48. The Morgan fingerprint density at radius 1 is 1.37 bits per heavy atom. The van der Waals surface area contributed by atoms with Crippen LogP contribution in [0.4, 0.5) is 0 Å². The number of β-lactam (4-membered cyclic amide) rings is 1. The van der Waals surface area contributed by atoms with Crippen LogP contribution in [0.15, 0.2) is 0 Å². The molecule has 2 fully saturated rings. The van der Waals surface area contributed by atoms with Gasteiger partial charge in [-0.2, -0.15) is 0 Å². The van der Waals surface area contributed by atoms with E-state index >= 15 is 0 Å². The molecule has 2 aliphatic heterocycles. The van der Waals surface area contributed by atoms with Gasteiger partial charge in [0, 0.05) is 6.92 Å². The van der Waals surface area contributed by atoms with Crippen LogP contribution in [-0.2, 0) is 29.0 Å². The average Bonchev–Trinajstić information content (AvgIpc) is 2.38. The molecule has 0 aromatic heterocycles. The first-order valence-corrected chi connectivity index (χ1v) is 7.03. The molecule has 8 nitrogen and oxygen atoms in total. The highest BCUT2D eigenvalue weighted by Crippen LogP contribution is 2.46. The van der Waals surface area contributed by atoms with Crippen molar-refractivity contribution in [2.24, 2.45) is 0 Å². The van der Waals surface area contributed by atoms with E-state index < -0.39 is 49.9 Å². The maximum Gasteiger partial charge on any atom is 0.328 e. The quantitative estimate of drug-likeness (QED) is 0.498. The van der Waals surface area contributed by atoms with Crippen LogP contribution in [-0.4, -0.2) is 58.5 Å². The van der Waals surface area contributed by atoms with E-state index in [1.807, 2.05) is 0 Å². The van der Waals surface area contributed by atoms with Gasteiger partial charge in [0.15, 0.2) is 15.2 Å². The van der Waals surface area contributed by atoms with Gasteiger partial charge in [-0.1, -0.05) is 0 Å². The average molecular weight is 291 g/mol. The Labute approximate surface area is 109 Å². The van der Waals surface area contributed by atoms with E-state index in [2.05, 4.69) is 4.74 Å². The molecule has 2 rings (SSSR count). The molecule has 19 heavy (non-hydrogen) atoms. The van der Waals surface area contributed by atoms with Crippen LogP contribution >= 0.6 is 0 Å².